The van der Waals surface area contributed by atoms with Crippen LogP contribution in [0.5, 0.6) is 5.88 Å². The maximum absolute atomic E-state index is 9.22. The summed E-state index contributed by atoms with van der Waals surface area (Å²) >= 11 is 0. The van der Waals surface area contributed by atoms with Gasteiger partial charge >= 0.3 is 0 Å². The smallest absolute Gasteiger partial charge is 0.236 e. The maximum Gasteiger partial charge on any atom is 0.236 e. The lowest BCUT2D eigenvalue weighted by Crippen LogP contribution is -2.03. The van der Waals surface area contributed by atoms with E-state index < -0.39 is 0 Å². The van der Waals surface area contributed by atoms with E-state index in [0.717, 1.165) is 11.1 Å². The standard InChI is InChI=1S/C13H12N4O/c1-8-5-3-4-6-9(8)11-10(7-14)12(18-2)17-13(15)16-11/h3-6H,1-2H3,(H2,15,16,17). The number of hydrogen-bond donors (Lipinski definition) is 1. The van der Waals surface area contributed by atoms with Crippen LogP contribution < -0.4 is 10.5 Å². The summed E-state index contributed by atoms with van der Waals surface area (Å²) in [5, 5.41) is 9.22. The zero-order chi connectivity index (χ0) is 13.1. The number of aromatic nitrogens is 2. The Labute approximate surface area is 105 Å². The van der Waals surface area contributed by atoms with E-state index in [1.165, 1.54) is 7.11 Å². The van der Waals surface area contributed by atoms with Crippen molar-refractivity contribution in [2.45, 2.75) is 6.92 Å². The number of anilines is 1. The van der Waals surface area contributed by atoms with Crippen LogP contribution in [-0.2, 0) is 0 Å². The first-order valence-electron chi connectivity index (χ1n) is 5.35. The molecule has 0 fully saturated rings. The Morgan fingerprint density at radius 1 is 1.28 bits per heavy atom. The van der Waals surface area contributed by atoms with Gasteiger partial charge in [0.05, 0.1) is 12.8 Å². The van der Waals surface area contributed by atoms with E-state index in [0.29, 0.717) is 11.3 Å². The Morgan fingerprint density at radius 2 is 2.00 bits per heavy atom. The van der Waals surface area contributed by atoms with E-state index in [4.69, 9.17) is 10.5 Å². The van der Waals surface area contributed by atoms with Gasteiger partial charge in [-0.15, -0.1) is 0 Å². The number of nitrogens with zero attached hydrogens (tertiary/aromatic N) is 3. The molecule has 0 radical (unpaired) electrons. The van der Waals surface area contributed by atoms with Gasteiger partial charge in [0.25, 0.3) is 0 Å². The first-order chi connectivity index (χ1) is 8.67. The fraction of sp³-hybridized carbons (Fsp3) is 0.154. The van der Waals surface area contributed by atoms with E-state index in [9.17, 15) is 5.26 Å². The highest BCUT2D eigenvalue weighted by Crippen LogP contribution is 2.29. The summed E-state index contributed by atoms with van der Waals surface area (Å²) in [6.07, 6.45) is 0. The van der Waals surface area contributed by atoms with E-state index >= 15 is 0 Å². The number of nitriles is 1. The highest BCUT2D eigenvalue weighted by molar-refractivity contribution is 5.72. The summed E-state index contributed by atoms with van der Waals surface area (Å²) in [4.78, 5) is 8.05. The van der Waals surface area contributed by atoms with Gasteiger partial charge in [0.15, 0.2) is 0 Å². The molecule has 0 aliphatic carbocycles. The third-order valence-electron chi connectivity index (χ3n) is 2.60. The summed E-state index contributed by atoms with van der Waals surface area (Å²) < 4.78 is 5.07. The molecule has 5 heteroatoms. The van der Waals surface area contributed by atoms with Gasteiger partial charge in [0.1, 0.15) is 11.6 Å². The number of rotatable bonds is 2. The van der Waals surface area contributed by atoms with Gasteiger partial charge in [-0.05, 0) is 12.5 Å². The van der Waals surface area contributed by atoms with Gasteiger partial charge in [-0.25, -0.2) is 4.98 Å². The van der Waals surface area contributed by atoms with Crippen LogP contribution in [-0.4, -0.2) is 17.1 Å². The number of hydrogen-bond acceptors (Lipinski definition) is 5. The molecule has 5 nitrogen and oxygen atoms in total. The molecule has 2 N–H and O–H groups in total. The minimum Gasteiger partial charge on any atom is -0.480 e. The van der Waals surface area contributed by atoms with Crippen LogP contribution in [0.4, 0.5) is 5.95 Å². The lowest BCUT2D eigenvalue weighted by Gasteiger charge is -2.10. The van der Waals surface area contributed by atoms with Crippen molar-refractivity contribution in [3.05, 3.63) is 35.4 Å². The molecule has 0 amide bonds. The summed E-state index contributed by atoms with van der Waals surface area (Å²) in [5.74, 6) is 0.285. The lowest BCUT2D eigenvalue weighted by atomic mass is 10.0. The Morgan fingerprint density at radius 3 is 2.61 bits per heavy atom. The molecule has 0 aliphatic rings. The fourth-order valence-corrected chi connectivity index (χ4v) is 1.74. The fourth-order valence-electron chi connectivity index (χ4n) is 1.74. The number of nitrogens with two attached hydrogens (primary N) is 1. The summed E-state index contributed by atoms with van der Waals surface area (Å²) in [7, 11) is 1.45. The first kappa shape index (κ1) is 11.9. The molecule has 1 aromatic heterocycles. The molecule has 0 bridgehead atoms. The van der Waals surface area contributed by atoms with Crippen molar-refractivity contribution < 1.29 is 4.74 Å². The van der Waals surface area contributed by atoms with Gasteiger partial charge in [-0.2, -0.15) is 10.2 Å². The lowest BCUT2D eigenvalue weighted by molar-refractivity contribution is 0.396. The van der Waals surface area contributed by atoms with E-state index in [-0.39, 0.29) is 11.8 Å². The Kier molecular flexibility index (Phi) is 3.11. The summed E-state index contributed by atoms with van der Waals surface area (Å²) in [6.45, 7) is 1.95. The number of methoxy groups -OCH3 is 1. The van der Waals surface area contributed by atoms with Crippen molar-refractivity contribution in [1.29, 1.82) is 5.26 Å². The second-order valence-electron chi connectivity index (χ2n) is 3.74. The third kappa shape index (κ3) is 1.96. The normalized spacial score (nSPS) is 9.83. The zero-order valence-electron chi connectivity index (χ0n) is 10.1. The van der Waals surface area contributed by atoms with E-state index in [1.54, 1.807) is 0 Å². The molecule has 2 aromatic rings. The van der Waals surface area contributed by atoms with Crippen LogP contribution in [0.25, 0.3) is 11.3 Å². The molecule has 0 saturated carbocycles. The van der Waals surface area contributed by atoms with Crippen molar-refractivity contribution >= 4 is 5.95 Å². The van der Waals surface area contributed by atoms with Crippen LogP contribution >= 0.6 is 0 Å². The van der Waals surface area contributed by atoms with Gasteiger partial charge in [0.2, 0.25) is 11.8 Å². The predicted octanol–water partition coefficient (Wildman–Crippen LogP) is 1.91. The molecule has 1 aromatic carbocycles. The van der Waals surface area contributed by atoms with Crippen molar-refractivity contribution in [2.24, 2.45) is 0 Å². The molecule has 90 valence electrons. The molecule has 0 unspecified atom stereocenters. The zero-order valence-corrected chi connectivity index (χ0v) is 10.1. The largest absolute Gasteiger partial charge is 0.480 e. The minimum atomic E-state index is 0.0871. The quantitative estimate of drug-likeness (QED) is 0.866. The van der Waals surface area contributed by atoms with Gasteiger partial charge in [0, 0.05) is 5.56 Å². The third-order valence-corrected chi connectivity index (χ3v) is 2.60. The minimum absolute atomic E-state index is 0.0871. The summed E-state index contributed by atoms with van der Waals surface area (Å²) in [6, 6.07) is 9.70. The van der Waals surface area contributed by atoms with Gasteiger partial charge in [-0.3, -0.25) is 0 Å². The topological polar surface area (TPSA) is 84.8 Å². The molecular weight excluding hydrogens is 228 g/mol. The maximum atomic E-state index is 9.22. The average molecular weight is 240 g/mol. The average Bonchev–Trinajstić information content (AvgIpc) is 2.38. The molecule has 2 rings (SSSR count). The van der Waals surface area contributed by atoms with Crippen LogP contribution in [0.3, 0.4) is 0 Å². The number of ether oxygens (including phenoxy) is 1. The van der Waals surface area contributed by atoms with Crippen molar-refractivity contribution in [1.82, 2.24) is 9.97 Å². The Balaban J connectivity index is 2.76. The van der Waals surface area contributed by atoms with Crippen molar-refractivity contribution in [3.63, 3.8) is 0 Å². The number of benzene rings is 1. The molecule has 1 heterocycles. The van der Waals surface area contributed by atoms with Crippen LogP contribution in [0.1, 0.15) is 11.1 Å². The van der Waals surface area contributed by atoms with Gasteiger partial charge < -0.3 is 10.5 Å². The summed E-state index contributed by atoms with van der Waals surface area (Å²) in [5.41, 5.74) is 8.28. The predicted molar refractivity (Wildman–Crippen MR) is 67.9 cm³/mol. The second kappa shape index (κ2) is 4.72. The first-order valence-corrected chi connectivity index (χ1v) is 5.35. The molecule has 0 spiro atoms. The monoisotopic (exact) mass is 240 g/mol. The Hall–Kier alpha value is -2.61. The van der Waals surface area contributed by atoms with Crippen molar-refractivity contribution in [3.8, 4) is 23.2 Å². The molecule has 0 aliphatic heterocycles. The molecule has 0 saturated heterocycles. The van der Waals surface area contributed by atoms with Gasteiger partial charge in [-0.1, -0.05) is 24.3 Å². The van der Waals surface area contributed by atoms with Crippen LogP contribution in [0.15, 0.2) is 24.3 Å². The highest BCUT2D eigenvalue weighted by Gasteiger charge is 2.16. The Bertz CT molecular complexity index is 631. The van der Waals surface area contributed by atoms with E-state index in [2.05, 4.69) is 16.0 Å². The highest BCUT2D eigenvalue weighted by atomic mass is 16.5. The van der Waals surface area contributed by atoms with Crippen LogP contribution in [0, 0.1) is 18.3 Å². The second-order valence-corrected chi connectivity index (χ2v) is 3.74. The number of aryl methyl sites for hydroxylation is 1. The number of nitrogen functional groups attached to an aromatic ring is 1. The molecular formula is C13H12N4O. The van der Waals surface area contributed by atoms with E-state index in [1.807, 2.05) is 31.2 Å². The molecule has 0 atom stereocenters. The molecule has 18 heavy (non-hydrogen) atoms. The SMILES string of the molecule is COc1nc(N)nc(-c2ccccc2C)c1C#N. The van der Waals surface area contributed by atoms with Crippen LogP contribution in [0.2, 0.25) is 0 Å². The van der Waals surface area contributed by atoms with Crippen molar-refractivity contribution in [2.75, 3.05) is 12.8 Å².